The number of nitrogens with one attached hydrogen (secondary N) is 2. The van der Waals surface area contributed by atoms with Gasteiger partial charge in [0.2, 0.25) is 5.91 Å². The molecule has 0 aliphatic heterocycles. The van der Waals surface area contributed by atoms with Crippen molar-refractivity contribution >= 4 is 5.91 Å². The van der Waals surface area contributed by atoms with Crippen LogP contribution in [0.4, 0.5) is 0 Å². The molecule has 0 aliphatic rings. The molecule has 0 atom stereocenters. The third-order valence-electron chi connectivity index (χ3n) is 2.38. The Morgan fingerprint density at radius 1 is 1.28 bits per heavy atom. The van der Waals surface area contributed by atoms with E-state index in [0.717, 1.165) is 17.9 Å². The summed E-state index contributed by atoms with van der Waals surface area (Å²) < 4.78 is 5.68. The van der Waals surface area contributed by atoms with E-state index in [1.165, 1.54) is 0 Å². The fourth-order valence-electron chi connectivity index (χ4n) is 1.58. The van der Waals surface area contributed by atoms with Crippen molar-refractivity contribution < 1.29 is 9.53 Å². The van der Waals surface area contributed by atoms with E-state index >= 15 is 0 Å². The van der Waals surface area contributed by atoms with Crippen LogP contribution in [-0.4, -0.2) is 32.1 Å². The van der Waals surface area contributed by atoms with Gasteiger partial charge in [-0.05, 0) is 27.0 Å². The summed E-state index contributed by atoms with van der Waals surface area (Å²) in [5.74, 6) is 0.807. The first kappa shape index (κ1) is 14.5. The van der Waals surface area contributed by atoms with Gasteiger partial charge in [0.05, 0.1) is 12.5 Å². The summed E-state index contributed by atoms with van der Waals surface area (Å²) in [6.07, 6.45) is 0.464. The second-order valence-corrected chi connectivity index (χ2v) is 4.40. The SMILES string of the molecule is CNCCNC(=O)Cc1ccccc1OC(C)C. The van der Waals surface area contributed by atoms with Crippen molar-refractivity contribution in [3.05, 3.63) is 29.8 Å². The number of benzene rings is 1. The monoisotopic (exact) mass is 250 g/mol. The summed E-state index contributed by atoms with van der Waals surface area (Å²) >= 11 is 0. The molecule has 100 valence electrons. The Labute approximate surface area is 109 Å². The highest BCUT2D eigenvalue weighted by molar-refractivity contribution is 5.79. The predicted octanol–water partition coefficient (Wildman–Crippen LogP) is 1.35. The molecule has 1 aromatic rings. The first-order valence-corrected chi connectivity index (χ1v) is 6.29. The van der Waals surface area contributed by atoms with E-state index in [1.54, 1.807) is 0 Å². The first-order chi connectivity index (χ1) is 8.63. The van der Waals surface area contributed by atoms with E-state index < -0.39 is 0 Å². The van der Waals surface area contributed by atoms with Crippen molar-refractivity contribution in [3.63, 3.8) is 0 Å². The Kier molecular flexibility index (Phi) is 6.22. The van der Waals surface area contributed by atoms with Crippen LogP contribution in [0.2, 0.25) is 0 Å². The number of hydrogen-bond acceptors (Lipinski definition) is 3. The van der Waals surface area contributed by atoms with Crippen LogP contribution < -0.4 is 15.4 Å². The fraction of sp³-hybridized carbons (Fsp3) is 0.500. The van der Waals surface area contributed by atoms with Crippen molar-refractivity contribution in [1.82, 2.24) is 10.6 Å². The average Bonchev–Trinajstić information content (AvgIpc) is 2.31. The molecule has 1 amide bonds. The van der Waals surface area contributed by atoms with Crippen LogP contribution in [0.25, 0.3) is 0 Å². The van der Waals surface area contributed by atoms with E-state index in [4.69, 9.17) is 4.74 Å². The summed E-state index contributed by atoms with van der Waals surface area (Å²) in [6, 6.07) is 7.66. The van der Waals surface area contributed by atoms with Crippen LogP contribution in [0.3, 0.4) is 0 Å². The molecule has 0 spiro atoms. The number of para-hydroxylation sites is 1. The van der Waals surface area contributed by atoms with Crippen molar-refractivity contribution in [2.75, 3.05) is 20.1 Å². The molecule has 1 aromatic carbocycles. The summed E-state index contributed by atoms with van der Waals surface area (Å²) in [4.78, 5) is 11.7. The first-order valence-electron chi connectivity index (χ1n) is 6.29. The van der Waals surface area contributed by atoms with Gasteiger partial charge in [0, 0.05) is 18.7 Å². The van der Waals surface area contributed by atoms with Crippen molar-refractivity contribution in [2.45, 2.75) is 26.4 Å². The second kappa shape index (κ2) is 7.71. The molecule has 0 heterocycles. The Hall–Kier alpha value is -1.55. The van der Waals surface area contributed by atoms with Crippen molar-refractivity contribution in [3.8, 4) is 5.75 Å². The van der Waals surface area contributed by atoms with Crippen molar-refractivity contribution in [1.29, 1.82) is 0 Å². The van der Waals surface area contributed by atoms with E-state index in [0.29, 0.717) is 13.0 Å². The molecule has 0 aromatic heterocycles. The lowest BCUT2D eigenvalue weighted by atomic mass is 10.1. The second-order valence-electron chi connectivity index (χ2n) is 4.40. The third kappa shape index (κ3) is 5.19. The maximum atomic E-state index is 11.7. The van der Waals surface area contributed by atoms with Crippen LogP contribution in [0.5, 0.6) is 5.75 Å². The van der Waals surface area contributed by atoms with Gasteiger partial charge in [0.15, 0.2) is 0 Å². The zero-order valence-corrected chi connectivity index (χ0v) is 11.3. The van der Waals surface area contributed by atoms with E-state index in [1.807, 2.05) is 45.2 Å². The lowest BCUT2D eigenvalue weighted by Crippen LogP contribution is -2.31. The standard InChI is InChI=1S/C14H22N2O2/c1-11(2)18-13-7-5-4-6-12(13)10-14(17)16-9-8-15-3/h4-7,11,15H,8-10H2,1-3H3,(H,16,17). The lowest BCUT2D eigenvalue weighted by Gasteiger charge is -2.14. The highest BCUT2D eigenvalue weighted by Gasteiger charge is 2.09. The minimum atomic E-state index is 0.0186. The van der Waals surface area contributed by atoms with Crippen molar-refractivity contribution in [2.24, 2.45) is 0 Å². The number of likely N-dealkylation sites (N-methyl/N-ethyl adjacent to an activating group) is 1. The fourth-order valence-corrected chi connectivity index (χ4v) is 1.58. The molecular formula is C14H22N2O2. The molecule has 0 radical (unpaired) electrons. The molecule has 0 fully saturated rings. The van der Waals surface area contributed by atoms with Crippen LogP contribution in [0, 0.1) is 0 Å². The molecular weight excluding hydrogens is 228 g/mol. The van der Waals surface area contributed by atoms with E-state index in [2.05, 4.69) is 10.6 Å². The molecule has 4 nitrogen and oxygen atoms in total. The number of amides is 1. The molecule has 1 rings (SSSR count). The summed E-state index contributed by atoms with van der Waals surface area (Å²) in [6.45, 7) is 5.37. The van der Waals surface area contributed by atoms with Crippen LogP contribution in [0.1, 0.15) is 19.4 Å². The van der Waals surface area contributed by atoms with Gasteiger partial charge in [-0.3, -0.25) is 4.79 Å². The number of ether oxygens (including phenoxy) is 1. The minimum absolute atomic E-state index is 0.0186. The third-order valence-corrected chi connectivity index (χ3v) is 2.38. The van der Waals surface area contributed by atoms with Gasteiger partial charge in [0.1, 0.15) is 5.75 Å². The van der Waals surface area contributed by atoms with E-state index in [-0.39, 0.29) is 12.0 Å². The van der Waals surface area contributed by atoms with Crippen LogP contribution >= 0.6 is 0 Å². The lowest BCUT2D eigenvalue weighted by molar-refractivity contribution is -0.120. The molecule has 0 saturated carbocycles. The number of carbonyl (C=O) groups is 1. The maximum Gasteiger partial charge on any atom is 0.224 e. The zero-order valence-electron chi connectivity index (χ0n) is 11.3. The summed E-state index contributed by atoms with van der Waals surface area (Å²) in [5, 5.41) is 5.84. The van der Waals surface area contributed by atoms with Gasteiger partial charge >= 0.3 is 0 Å². The highest BCUT2D eigenvalue weighted by Crippen LogP contribution is 2.19. The maximum absolute atomic E-state index is 11.7. The van der Waals surface area contributed by atoms with Gasteiger partial charge in [-0.2, -0.15) is 0 Å². The smallest absolute Gasteiger partial charge is 0.224 e. The molecule has 0 aliphatic carbocycles. The van der Waals surface area contributed by atoms with Gasteiger partial charge < -0.3 is 15.4 Å². The average molecular weight is 250 g/mol. The summed E-state index contributed by atoms with van der Waals surface area (Å²) in [7, 11) is 1.86. The van der Waals surface area contributed by atoms with Gasteiger partial charge in [-0.1, -0.05) is 18.2 Å². The van der Waals surface area contributed by atoms with E-state index in [9.17, 15) is 4.79 Å². The normalized spacial score (nSPS) is 10.4. The summed E-state index contributed by atoms with van der Waals surface area (Å²) in [5.41, 5.74) is 0.924. The number of hydrogen-bond donors (Lipinski definition) is 2. The Bertz CT molecular complexity index is 378. The molecule has 18 heavy (non-hydrogen) atoms. The minimum Gasteiger partial charge on any atom is -0.491 e. The molecule has 0 unspecified atom stereocenters. The van der Waals surface area contributed by atoms with Gasteiger partial charge in [-0.15, -0.1) is 0 Å². The van der Waals surface area contributed by atoms with Crippen LogP contribution in [0.15, 0.2) is 24.3 Å². The Morgan fingerprint density at radius 2 is 2.00 bits per heavy atom. The Balaban J connectivity index is 2.57. The molecule has 4 heteroatoms. The molecule has 0 bridgehead atoms. The number of carbonyl (C=O) groups excluding carboxylic acids is 1. The molecule has 0 saturated heterocycles. The number of rotatable bonds is 7. The zero-order chi connectivity index (χ0) is 13.4. The highest BCUT2D eigenvalue weighted by atomic mass is 16.5. The topological polar surface area (TPSA) is 50.4 Å². The quantitative estimate of drug-likeness (QED) is 0.718. The largest absolute Gasteiger partial charge is 0.491 e. The van der Waals surface area contributed by atoms with Gasteiger partial charge in [0.25, 0.3) is 0 Å². The van der Waals surface area contributed by atoms with Gasteiger partial charge in [-0.25, -0.2) is 0 Å². The molecule has 2 N–H and O–H groups in total. The van der Waals surface area contributed by atoms with Crippen LogP contribution in [-0.2, 0) is 11.2 Å². The Morgan fingerprint density at radius 3 is 2.67 bits per heavy atom. The predicted molar refractivity (Wildman–Crippen MR) is 72.8 cm³/mol.